The van der Waals surface area contributed by atoms with Crippen LogP contribution < -0.4 is 5.32 Å². The minimum atomic E-state index is 0.617. The number of hydrogen-bond acceptors (Lipinski definition) is 3. The molecule has 0 aliphatic heterocycles. The minimum Gasteiger partial charge on any atom is -0.315 e. The molecule has 0 aliphatic carbocycles. The molecule has 0 aliphatic rings. The van der Waals surface area contributed by atoms with Gasteiger partial charge in [0.05, 0.1) is 0 Å². The second-order valence-electron chi connectivity index (χ2n) is 6.42. The van der Waals surface area contributed by atoms with Crippen molar-refractivity contribution < 1.29 is 0 Å². The van der Waals surface area contributed by atoms with E-state index in [9.17, 15) is 0 Å². The fraction of sp³-hybridized carbons (Fsp3) is 0.556. The van der Waals surface area contributed by atoms with Gasteiger partial charge < -0.3 is 5.32 Å². The Balaban J connectivity index is 2.25. The average Bonchev–Trinajstić information content (AvgIpc) is 2.76. The molecule has 2 rings (SSSR count). The predicted octanol–water partition coefficient (Wildman–Crippen LogP) is 4.49. The Morgan fingerprint density at radius 3 is 2.57 bits per heavy atom. The third-order valence-corrected chi connectivity index (χ3v) is 5.30. The zero-order chi connectivity index (χ0) is 15.4. The van der Waals surface area contributed by atoms with E-state index >= 15 is 0 Å². The molecule has 2 nitrogen and oxygen atoms in total. The van der Waals surface area contributed by atoms with Crippen LogP contribution in [0.3, 0.4) is 0 Å². The number of fused-ring (bicyclic) bond motifs is 1. The SMILES string of the molecule is CNCc1sc2ccccc2c1CN(C)C(C)CC(C)C. The van der Waals surface area contributed by atoms with Crippen molar-refractivity contribution in [2.45, 2.75) is 46.3 Å². The number of rotatable bonds is 7. The zero-order valence-corrected chi connectivity index (χ0v) is 14.8. The van der Waals surface area contributed by atoms with Crippen molar-refractivity contribution in [3.05, 3.63) is 34.7 Å². The van der Waals surface area contributed by atoms with E-state index < -0.39 is 0 Å². The Morgan fingerprint density at radius 2 is 1.90 bits per heavy atom. The minimum absolute atomic E-state index is 0.617. The Bertz CT molecular complexity index is 574. The lowest BCUT2D eigenvalue weighted by Crippen LogP contribution is -2.30. The highest BCUT2D eigenvalue weighted by molar-refractivity contribution is 7.19. The molecule has 0 fully saturated rings. The van der Waals surface area contributed by atoms with Gasteiger partial charge in [-0.3, -0.25) is 4.90 Å². The highest BCUT2D eigenvalue weighted by Gasteiger charge is 2.16. The molecule has 2 aromatic rings. The first-order valence-corrected chi connectivity index (χ1v) is 8.68. The fourth-order valence-corrected chi connectivity index (χ4v) is 4.12. The molecule has 21 heavy (non-hydrogen) atoms. The standard InChI is InChI=1S/C18H28N2S/c1-13(2)10-14(3)20(5)12-16-15-8-6-7-9-17(15)21-18(16)11-19-4/h6-9,13-14,19H,10-12H2,1-5H3. The highest BCUT2D eigenvalue weighted by atomic mass is 32.1. The summed E-state index contributed by atoms with van der Waals surface area (Å²) in [5.74, 6) is 0.749. The largest absolute Gasteiger partial charge is 0.315 e. The van der Waals surface area contributed by atoms with Crippen molar-refractivity contribution in [3.8, 4) is 0 Å². The maximum Gasteiger partial charge on any atom is 0.0349 e. The summed E-state index contributed by atoms with van der Waals surface area (Å²) in [6, 6.07) is 9.41. The van der Waals surface area contributed by atoms with Crippen LogP contribution in [0.25, 0.3) is 10.1 Å². The van der Waals surface area contributed by atoms with Crippen molar-refractivity contribution >= 4 is 21.4 Å². The quantitative estimate of drug-likeness (QED) is 0.811. The first-order chi connectivity index (χ1) is 10.0. The Morgan fingerprint density at radius 1 is 1.19 bits per heavy atom. The summed E-state index contributed by atoms with van der Waals surface area (Å²) in [6.45, 7) is 8.94. The summed E-state index contributed by atoms with van der Waals surface area (Å²) in [7, 11) is 4.28. The molecule has 1 N–H and O–H groups in total. The summed E-state index contributed by atoms with van der Waals surface area (Å²) in [5.41, 5.74) is 1.50. The predicted molar refractivity (Wildman–Crippen MR) is 95.0 cm³/mol. The van der Waals surface area contributed by atoms with E-state index in [-0.39, 0.29) is 0 Å². The van der Waals surface area contributed by atoms with Crippen LogP contribution in [0.1, 0.15) is 37.6 Å². The molecule has 1 unspecified atom stereocenters. The number of thiophene rings is 1. The third-order valence-electron chi connectivity index (χ3n) is 4.09. The highest BCUT2D eigenvalue weighted by Crippen LogP contribution is 2.32. The van der Waals surface area contributed by atoms with E-state index in [0.717, 1.165) is 19.0 Å². The van der Waals surface area contributed by atoms with E-state index in [1.165, 1.54) is 26.9 Å². The van der Waals surface area contributed by atoms with Crippen LogP contribution in [0.5, 0.6) is 0 Å². The molecule has 116 valence electrons. The van der Waals surface area contributed by atoms with Crippen LogP contribution in [-0.2, 0) is 13.1 Å². The van der Waals surface area contributed by atoms with Crippen LogP contribution in [0.15, 0.2) is 24.3 Å². The van der Waals surface area contributed by atoms with Gasteiger partial charge in [0.1, 0.15) is 0 Å². The molecule has 0 spiro atoms. The van der Waals surface area contributed by atoms with E-state index in [1.54, 1.807) is 0 Å². The molecule has 1 heterocycles. The van der Waals surface area contributed by atoms with Gasteiger partial charge in [-0.2, -0.15) is 0 Å². The third kappa shape index (κ3) is 4.06. The van der Waals surface area contributed by atoms with Gasteiger partial charge in [0, 0.05) is 28.7 Å². The van der Waals surface area contributed by atoms with E-state index in [1.807, 2.05) is 18.4 Å². The summed E-state index contributed by atoms with van der Waals surface area (Å²) < 4.78 is 1.41. The zero-order valence-electron chi connectivity index (χ0n) is 13.9. The molecule has 1 atom stereocenters. The lowest BCUT2D eigenvalue weighted by atomic mass is 10.0. The van der Waals surface area contributed by atoms with Gasteiger partial charge in [0.25, 0.3) is 0 Å². The van der Waals surface area contributed by atoms with Gasteiger partial charge >= 0.3 is 0 Å². The maximum atomic E-state index is 3.31. The molecular formula is C18H28N2S. The first kappa shape index (κ1) is 16.5. The van der Waals surface area contributed by atoms with Crippen molar-refractivity contribution in [1.82, 2.24) is 10.2 Å². The maximum absolute atomic E-state index is 3.31. The lowest BCUT2D eigenvalue weighted by Gasteiger charge is -2.26. The van der Waals surface area contributed by atoms with Gasteiger partial charge in [-0.15, -0.1) is 11.3 Å². The molecule has 1 aromatic carbocycles. The van der Waals surface area contributed by atoms with Gasteiger partial charge in [-0.05, 0) is 50.4 Å². The lowest BCUT2D eigenvalue weighted by molar-refractivity contribution is 0.221. The van der Waals surface area contributed by atoms with Crippen LogP contribution in [0, 0.1) is 5.92 Å². The molecule has 0 radical (unpaired) electrons. The smallest absolute Gasteiger partial charge is 0.0349 e. The molecule has 0 bridgehead atoms. The Hall–Kier alpha value is -0.900. The number of nitrogens with zero attached hydrogens (tertiary/aromatic N) is 1. The molecular weight excluding hydrogens is 276 g/mol. The molecule has 3 heteroatoms. The van der Waals surface area contributed by atoms with E-state index in [0.29, 0.717) is 6.04 Å². The molecule has 1 aromatic heterocycles. The van der Waals surface area contributed by atoms with Crippen LogP contribution in [-0.4, -0.2) is 25.0 Å². The fourth-order valence-electron chi connectivity index (χ4n) is 2.89. The van der Waals surface area contributed by atoms with Gasteiger partial charge in [-0.1, -0.05) is 32.0 Å². The Labute approximate surface area is 133 Å². The van der Waals surface area contributed by atoms with Crippen LogP contribution in [0.4, 0.5) is 0 Å². The molecule has 0 saturated carbocycles. The van der Waals surface area contributed by atoms with Crippen molar-refractivity contribution in [2.75, 3.05) is 14.1 Å². The summed E-state index contributed by atoms with van der Waals surface area (Å²) in [5, 5.41) is 4.74. The normalized spacial score (nSPS) is 13.5. The summed E-state index contributed by atoms with van der Waals surface area (Å²) in [6.07, 6.45) is 1.25. The van der Waals surface area contributed by atoms with Crippen molar-refractivity contribution in [1.29, 1.82) is 0 Å². The van der Waals surface area contributed by atoms with Crippen molar-refractivity contribution in [3.63, 3.8) is 0 Å². The number of hydrogen-bond donors (Lipinski definition) is 1. The topological polar surface area (TPSA) is 15.3 Å². The molecule has 0 amide bonds. The van der Waals surface area contributed by atoms with Crippen LogP contribution in [0.2, 0.25) is 0 Å². The van der Waals surface area contributed by atoms with E-state index in [2.05, 4.69) is 62.3 Å². The number of nitrogens with one attached hydrogen (secondary N) is 1. The second-order valence-corrected chi connectivity index (χ2v) is 7.56. The summed E-state index contributed by atoms with van der Waals surface area (Å²) >= 11 is 1.93. The first-order valence-electron chi connectivity index (χ1n) is 7.87. The number of benzene rings is 1. The van der Waals surface area contributed by atoms with E-state index in [4.69, 9.17) is 0 Å². The molecule has 0 saturated heterocycles. The van der Waals surface area contributed by atoms with Crippen molar-refractivity contribution in [2.24, 2.45) is 5.92 Å². The second kappa shape index (κ2) is 7.39. The monoisotopic (exact) mass is 304 g/mol. The average molecular weight is 305 g/mol. The summed E-state index contributed by atoms with van der Waals surface area (Å²) in [4.78, 5) is 3.97. The van der Waals surface area contributed by atoms with Gasteiger partial charge in [0.15, 0.2) is 0 Å². The van der Waals surface area contributed by atoms with Crippen LogP contribution >= 0.6 is 11.3 Å². The van der Waals surface area contributed by atoms with Gasteiger partial charge in [0.2, 0.25) is 0 Å². The van der Waals surface area contributed by atoms with Gasteiger partial charge in [-0.25, -0.2) is 0 Å². The Kier molecular flexibility index (Phi) is 5.80.